The van der Waals surface area contributed by atoms with Crippen molar-refractivity contribution in [2.45, 2.75) is 34.1 Å². The van der Waals surface area contributed by atoms with E-state index in [0.29, 0.717) is 5.76 Å². The van der Waals surface area contributed by atoms with Gasteiger partial charge in [-0.3, -0.25) is 4.79 Å². The zero-order valence-electron chi connectivity index (χ0n) is 11.7. The van der Waals surface area contributed by atoms with Gasteiger partial charge in [0.2, 0.25) is 5.91 Å². The summed E-state index contributed by atoms with van der Waals surface area (Å²) in [6, 6.07) is 5.99. The average molecular weight is 258 g/mol. The maximum absolute atomic E-state index is 12.0. The topological polar surface area (TPSA) is 55.1 Å². The Hall–Kier alpha value is -2.10. The quantitative estimate of drug-likeness (QED) is 0.920. The van der Waals surface area contributed by atoms with Gasteiger partial charge in [-0.2, -0.15) is 0 Å². The van der Waals surface area contributed by atoms with Crippen LogP contribution in [0.15, 0.2) is 22.7 Å². The van der Waals surface area contributed by atoms with Crippen molar-refractivity contribution in [2.24, 2.45) is 0 Å². The molecule has 1 amide bonds. The second-order valence-corrected chi connectivity index (χ2v) is 4.90. The third-order valence-corrected chi connectivity index (χ3v) is 3.02. The largest absolute Gasteiger partial charge is 0.361 e. The lowest BCUT2D eigenvalue weighted by Gasteiger charge is -2.07. The zero-order chi connectivity index (χ0) is 14.0. The molecule has 1 N–H and O–H groups in total. The molecule has 1 aromatic carbocycles. The minimum atomic E-state index is -0.0561. The number of benzene rings is 1. The van der Waals surface area contributed by atoms with Gasteiger partial charge in [-0.1, -0.05) is 11.2 Å². The Bertz CT molecular complexity index is 575. The minimum Gasteiger partial charge on any atom is -0.361 e. The molecule has 0 atom stereocenters. The molecule has 0 aliphatic heterocycles. The third kappa shape index (κ3) is 3.22. The molecule has 1 heterocycles. The molecule has 1 aromatic heterocycles. The average Bonchev–Trinajstić information content (AvgIpc) is 2.59. The van der Waals surface area contributed by atoms with Crippen molar-refractivity contribution < 1.29 is 9.32 Å². The summed E-state index contributed by atoms with van der Waals surface area (Å²) in [5.41, 5.74) is 4.73. The molecular weight excluding hydrogens is 240 g/mol. The molecule has 100 valence electrons. The summed E-state index contributed by atoms with van der Waals surface area (Å²) in [7, 11) is 0. The number of carbonyl (C=O) groups is 1. The fourth-order valence-corrected chi connectivity index (χ4v) is 2.17. The fraction of sp³-hybridized carbons (Fsp3) is 0.333. The summed E-state index contributed by atoms with van der Waals surface area (Å²) >= 11 is 0. The van der Waals surface area contributed by atoms with Crippen LogP contribution in [-0.2, 0) is 11.2 Å². The van der Waals surface area contributed by atoms with Crippen LogP contribution in [0.2, 0.25) is 0 Å². The Morgan fingerprint density at radius 1 is 1.16 bits per heavy atom. The number of amides is 1. The van der Waals surface area contributed by atoms with E-state index in [4.69, 9.17) is 4.52 Å². The van der Waals surface area contributed by atoms with Gasteiger partial charge in [0.05, 0.1) is 12.1 Å². The van der Waals surface area contributed by atoms with Crippen molar-refractivity contribution in [3.05, 3.63) is 46.3 Å². The first-order valence-electron chi connectivity index (χ1n) is 6.25. The van der Waals surface area contributed by atoms with Gasteiger partial charge >= 0.3 is 0 Å². The predicted molar refractivity (Wildman–Crippen MR) is 74.2 cm³/mol. The van der Waals surface area contributed by atoms with Gasteiger partial charge in [0.15, 0.2) is 0 Å². The maximum atomic E-state index is 12.0. The van der Waals surface area contributed by atoms with Gasteiger partial charge in [-0.15, -0.1) is 0 Å². The van der Waals surface area contributed by atoms with Crippen LogP contribution in [-0.4, -0.2) is 11.1 Å². The van der Waals surface area contributed by atoms with Crippen LogP contribution in [0.25, 0.3) is 0 Å². The Labute approximate surface area is 112 Å². The molecule has 0 fully saturated rings. The first kappa shape index (κ1) is 13.3. The van der Waals surface area contributed by atoms with E-state index < -0.39 is 0 Å². The molecule has 0 unspecified atom stereocenters. The van der Waals surface area contributed by atoms with Crippen LogP contribution in [0.1, 0.15) is 28.1 Å². The lowest BCUT2D eigenvalue weighted by atomic mass is 10.1. The maximum Gasteiger partial charge on any atom is 0.228 e. The molecule has 0 aliphatic rings. The highest BCUT2D eigenvalue weighted by Gasteiger charge is 2.13. The predicted octanol–water partition coefficient (Wildman–Crippen LogP) is 3.09. The molecule has 0 bridgehead atoms. The first-order chi connectivity index (χ1) is 8.95. The lowest BCUT2D eigenvalue weighted by Crippen LogP contribution is -2.15. The summed E-state index contributed by atoms with van der Waals surface area (Å²) in [5.74, 6) is 0.646. The molecular formula is C15H18N2O2. The second kappa shape index (κ2) is 5.26. The van der Waals surface area contributed by atoms with Crippen LogP contribution in [0.4, 0.5) is 5.69 Å². The summed E-state index contributed by atoms with van der Waals surface area (Å²) in [4.78, 5) is 12.0. The van der Waals surface area contributed by atoms with E-state index in [1.807, 2.05) is 39.8 Å². The van der Waals surface area contributed by atoms with E-state index >= 15 is 0 Å². The molecule has 0 saturated carbocycles. The van der Waals surface area contributed by atoms with Crippen molar-refractivity contribution in [3.63, 3.8) is 0 Å². The van der Waals surface area contributed by atoms with Crippen molar-refractivity contribution in [1.82, 2.24) is 5.16 Å². The van der Waals surface area contributed by atoms with Crippen LogP contribution < -0.4 is 5.32 Å². The summed E-state index contributed by atoms with van der Waals surface area (Å²) in [6.45, 7) is 7.68. The Kier molecular flexibility index (Phi) is 3.69. The number of hydrogen-bond acceptors (Lipinski definition) is 3. The first-order valence-corrected chi connectivity index (χ1v) is 6.25. The molecule has 19 heavy (non-hydrogen) atoms. The van der Waals surface area contributed by atoms with Crippen LogP contribution in [0, 0.1) is 27.7 Å². The Balaban J connectivity index is 2.09. The van der Waals surface area contributed by atoms with Gasteiger partial charge in [0.1, 0.15) is 5.76 Å². The van der Waals surface area contributed by atoms with Crippen molar-refractivity contribution in [1.29, 1.82) is 0 Å². The monoisotopic (exact) mass is 258 g/mol. The number of nitrogens with zero attached hydrogens (tertiary/aromatic N) is 1. The Morgan fingerprint density at radius 2 is 1.79 bits per heavy atom. The van der Waals surface area contributed by atoms with Gasteiger partial charge < -0.3 is 9.84 Å². The van der Waals surface area contributed by atoms with Gasteiger partial charge in [-0.05, 0) is 51.0 Å². The number of anilines is 1. The molecule has 2 aromatic rings. The van der Waals surface area contributed by atoms with Gasteiger partial charge in [0, 0.05) is 11.3 Å². The number of rotatable bonds is 3. The highest BCUT2D eigenvalue weighted by molar-refractivity contribution is 5.92. The molecule has 0 saturated heterocycles. The number of hydrogen-bond donors (Lipinski definition) is 1. The Morgan fingerprint density at radius 3 is 2.32 bits per heavy atom. The van der Waals surface area contributed by atoms with Gasteiger partial charge in [0.25, 0.3) is 0 Å². The van der Waals surface area contributed by atoms with Crippen molar-refractivity contribution in [2.75, 3.05) is 5.32 Å². The molecule has 0 spiro atoms. The van der Waals surface area contributed by atoms with Gasteiger partial charge in [-0.25, -0.2) is 0 Å². The smallest absolute Gasteiger partial charge is 0.228 e. The number of nitrogens with one attached hydrogen (secondary N) is 1. The SMILES string of the molecule is Cc1cc(C)cc(NC(=O)Cc2c(C)noc2C)c1. The van der Waals surface area contributed by atoms with E-state index in [9.17, 15) is 4.79 Å². The minimum absolute atomic E-state index is 0.0561. The molecule has 0 aliphatic carbocycles. The van der Waals surface area contributed by atoms with E-state index in [-0.39, 0.29) is 12.3 Å². The number of aryl methyl sites for hydroxylation is 4. The highest BCUT2D eigenvalue weighted by atomic mass is 16.5. The lowest BCUT2D eigenvalue weighted by molar-refractivity contribution is -0.115. The summed E-state index contributed by atoms with van der Waals surface area (Å²) in [6.07, 6.45) is 0.286. The zero-order valence-corrected chi connectivity index (χ0v) is 11.7. The third-order valence-electron chi connectivity index (χ3n) is 3.02. The van der Waals surface area contributed by atoms with E-state index in [0.717, 1.165) is 28.1 Å². The van der Waals surface area contributed by atoms with Crippen molar-refractivity contribution >= 4 is 11.6 Å². The van der Waals surface area contributed by atoms with E-state index in [1.165, 1.54) is 0 Å². The van der Waals surface area contributed by atoms with Crippen LogP contribution in [0.3, 0.4) is 0 Å². The van der Waals surface area contributed by atoms with Crippen LogP contribution >= 0.6 is 0 Å². The second-order valence-electron chi connectivity index (χ2n) is 4.90. The molecule has 4 heteroatoms. The van der Waals surface area contributed by atoms with Crippen molar-refractivity contribution in [3.8, 4) is 0 Å². The normalized spacial score (nSPS) is 10.5. The highest BCUT2D eigenvalue weighted by Crippen LogP contribution is 2.16. The fourth-order valence-electron chi connectivity index (χ4n) is 2.17. The molecule has 2 rings (SSSR count). The molecule has 4 nitrogen and oxygen atoms in total. The van der Waals surface area contributed by atoms with E-state index in [1.54, 1.807) is 0 Å². The number of carbonyl (C=O) groups excluding carboxylic acids is 1. The summed E-state index contributed by atoms with van der Waals surface area (Å²) in [5, 5.41) is 6.76. The standard InChI is InChI=1S/C15H18N2O2/c1-9-5-10(2)7-13(6-9)16-15(18)8-14-11(3)17-19-12(14)4/h5-7H,8H2,1-4H3,(H,16,18). The molecule has 0 radical (unpaired) electrons. The van der Waals surface area contributed by atoms with Crippen LogP contribution in [0.5, 0.6) is 0 Å². The summed E-state index contributed by atoms with van der Waals surface area (Å²) < 4.78 is 5.05. The van der Waals surface area contributed by atoms with E-state index in [2.05, 4.69) is 16.5 Å². The number of aromatic nitrogens is 1.